The predicted molar refractivity (Wildman–Crippen MR) is 126 cm³/mol. The van der Waals surface area contributed by atoms with E-state index in [0.29, 0.717) is 23.5 Å². The normalized spacial score (nSPS) is 11.1. The lowest BCUT2D eigenvalue weighted by molar-refractivity contribution is 1.04. The number of nitrogens with one attached hydrogen (secondary N) is 3. The summed E-state index contributed by atoms with van der Waals surface area (Å²) in [7, 11) is 0. The molecule has 5 N–H and O–H groups in total. The zero-order chi connectivity index (χ0) is 21.5. The molecule has 0 amide bonds. The van der Waals surface area contributed by atoms with Crippen LogP contribution in [0.15, 0.2) is 90.0 Å². The van der Waals surface area contributed by atoms with Crippen molar-refractivity contribution >= 4 is 40.6 Å². The van der Waals surface area contributed by atoms with E-state index in [1.165, 1.54) is 0 Å². The molecule has 0 unspecified atom stereocenters. The van der Waals surface area contributed by atoms with Crippen molar-refractivity contribution in [1.29, 1.82) is 0 Å². The van der Waals surface area contributed by atoms with Crippen LogP contribution in [0.25, 0.3) is 0 Å². The molecule has 0 fully saturated rings. The molecule has 0 aliphatic carbocycles. The van der Waals surface area contributed by atoms with E-state index in [4.69, 9.17) is 5.73 Å². The SMILES string of the molecule is C/C(=N\Nc1nc(Nc2ccccc2)nc(Nc2ccccc2)n1)c1cccc(N)c1. The van der Waals surface area contributed by atoms with Gasteiger partial charge in [-0.05, 0) is 48.9 Å². The number of nitrogens with zero attached hydrogens (tertiary/aromatic N) is 4. The molecule has 31 heavy (non-hydrogen) atoms. The molecule has 8 heteroatoms. The first-order valence-electron chi connectivity index (χ1n) is 9.72. The Hall–Kier alpha value is -4.46. The van der Waals surface area contributed by atoms with E-state index < -0.39 is 0 Å². The van der Waals surface area contributed by atoms with Crippen LogP contribution in [0.2, 0.25) is 0 Å². The van der Waals surface area contributed by atoms with Gasteiger partial charge in [0.2, 0.25) is 17.8 Å². The fourth-order valence-corrected chi connectivity index (χ4v) is 2.80. The standard InChI is InChI=1S/C23H22N8/c1-16(17-9-8-10-18(24)15-17)30-31-23-28-21(25-19-11-4-2-5-12-19)27-22(29-23)26-20-13-6-3-7-14-20/h2-15H,24H2,1H3,(H3,25,26,27,28,29,31)/b30-16+. The summed E-state index contributed by atoms with van der Waals surface area (Å²) in [5.41, 5.74) is 12.9. The van der Waals surface area contributed by atoms with Crippen molar-refractivity contribution in [2.75, 3.05) is 21.8 Å². The molecule has 0 saturated heterocycles. The number of para-hydroxylation sites is 2. The first-order valence-corrected chi connectivity index (χ1v) is 9.72. The molecule has 0 bridgehead atoms. The molecule has 4 rings (SSSR count). The summed E-state index contributed by atoms with van der Waals surface area (Å²) in [6, 6.07) is 26.9. The number of anilines is 6. The average molecular weight is 410 g/mol. The minimum Gasteiger partial charge on any atom is -0.399 e. The molecule has 8 nitrogen and oxygen atoms in total. The topological polar surface area (TPSA) is 113 Å². The van der Waals surface area contributed by atoms with Gasteiger partial charge in [-0.25, -0.2) is 5.43 Å². The van der Waals surface area contributed by atoms with E-state index in [9.17, 15) is 0 Å². The van der Waals surface area contributed by atoms with Crippen molar-refractivity contribution in [3.8, 4) is 0 Å². The number of nitrogens with two attached hydrogens (primary N) is 1. The number of aromatic nitrogens is 3. The lowest BCUT2D eigenvalue weighted by atomic mass is 10.1. The predicted octanol–water partition coefficient (Wildman–Crippen LogP) is 4.78. The van der Waals surface area contributed by atoms with E-state index in [1.807, 2.05) is 91.9 Å². The molecule has 4 aromatic rings. The Morgan fingerprint density at radius 1 is 0.710 bits per heavy atom. The van der Waals surface area contributed by atoms with Gasteiger partial charge in [0.15, 0.2) is 0 Å². The highest BCUT2D eigenvalue weighted by atomic mass is 15.4. The second-order valence-electron chi connectivity index (χ2n) is 6.72. The highest BCUT2D eigenvalue weighted by Crippen LogP contribution is 2.18. The Labute approximate surface area is 180 Å². The fraction of sp³-hybridized carbons (Fsp3) is 0.0435. The Bertz CT molecular complexity index is 1120. The highest BCUT2D eigenvalue weighted by Gasteiger charge is 2.08. The minimum atomic E-state index is 0.301. The largest absolute Gasteiger partial charge is 0.399 e. The average Bonchev–Trinajstić information content (AvgIpc) is 2.79. The van der Waals surface area contributed by atoms with Crippen LogP contribution < -0.4 is 21.8 Å². The van der Waals surface area contributed by atoms with Gasteiger partial charge in [-0.2, -0.15) is 20.1 Å². The van der Waals surface area contributed by atoms with Crippen molar-refractivity contribution in [3.63, 3.8) is 0 Å². The number of hydrazone groups is 1. The van der Waals surface area contributed by atoms with E-state index in [0.717, 1.165) is 22.6 Å². The lowest BCUT2D eigenvalue weighted by Gasteiger charge is -2.10. The zero-order valence-corrected chi connectivity index (χ0v) is 16.9. The van der Waals surface area contributed by atoms with Crippen LogP contribution in [0.1, 0.15) is 12.5 Å². The summed E-state index contributed by atoms with van der Waals surface area (Å²) in [5.74, 6) is 1.08. The Kier molecular flexibility index (Phi) is 5.99. The Balaban J connectivity index is 1.61. The summed E-state index contributed by atoms with van der Waals surface area (Å²) in [5, 5.41) is 10.8. The van der Waals surface area contributed by atoms with Gasteiger partial charge in [-0.15, -0.1) is 0 Å². The zero-order valence-electron chi connectivity index (χ0n) is 16.9. The summed E-state index contributed by atoms with van der Waals surface area (Å²) in [6.07, 6.45) is 0. The highest BCUT2D eigenvalue weighted by molar-refractivity contribution is 5.99. The van der Waals surface area contributed by atoms with Gasteiger partial charge in [0.1, 0.15) is 0 Å². The van der Waals surface area contributed by atoms with Crippen LogP contribution in [-0.4, -0.2) is 20.7 Å². The number of hydrogen-bond donors (Lipinski definition) is 4. The first kappa shape index (κ1) is 19.8. The lowest BCUT2D eigenvalue weighted by Crippen LogP contribution is -2.08. The fourth-order valence-electron chi connectivity index (χ4n) is 2.80. The van der Waals surface area contributed by atoms with Crippen molar-refractivity contribution in [2.24, 2.45) is 5.10 Å². The maximum Gasteiger partial charge on any atom is 0.250 e. The number of benzene rings is 3. The van der Waals surface area contributed by atoms with Gasteiger partial charge < -0.3 is 16.4 Å². The van der Waals surface area contributed by atoms with Gasteiger partial charge in [-0.3, -0.25) is 0 Å². The van der Waals surface area contributed by atoms with Crippen LogP contribution in [0.5, 0.6) is 0 Å². The van der Waals surface area contributed by atoms with Crippen LogP contribution in [0.3, 0.4) is 0 Å². The van der Waals surface area contributed by atoms with E-state index in [-0.39, 0.29) is 0 Å². The van der Waals surface area contributed by atoms with Crippen LogP contribution >= 0.6 is 0 Å². The van der Waals surface area contributed by atoms with Crippen LogP contribution in [0.4, 0.5) is 34.9 Å². The van der Waals surface area contributed by atoms with Gasteiger partial charge in [0.05, 0.1) is 5.71 Å². The molecule has 1 heterocycles. The molecular weight excluding hydrogens is 388 g/mol. The molecule has 0 atom stereocenters. The summed E-state index contributed by atoms with van der Waals surface area (Å²) < 4.78 is 0. The summed E-state index contributed by atoms with van der Waals surface area (Å²) >= 11 is 0. The second-order valence-corrected chi connectivity index (χ2v) is 6.72. The first-order chi connectivity index (χ1) is 15.2. The maximum atomic E-state index is 5.87. The third kappa shape index (κ3) is 5.54. The molecule has 0 saturated carbocycles. The molecule has 0 radical (unpaired) electrons. The van der Waals surface area contributed by atoms with Gasteiger partial charge in [0.25, 0.3) is 0 Å². The van der Waals surface area contributed by atoms with Crippen LogP contribution in [-0.2, 0) is 0 Å². The molecule has 0 aliphatic rings. The Morgan fingerprint density at radius 3 is 1.81 bits per heavy atom. The number of rotatable bonds is 7. The van der Waals surface area contributed by atoms with Gasteiger partial charge >= 0.3 is 0 Å². The van der Waals surface area contributed by atoms with E-state index >= 15 is 0 Å². The third-order valence-electron chi connectivity index (χ3n) is 4.32. The molecule has 154 valence electrons. The monoisotopic (exact) mass is 410 g/mol. The smallest absolute Gasteiger partial charge is 0.250 e. The molecule has 3 aromatic carbocycles. The summed E-state index contributed by atoms with van der Waals surface area (Å²) in [6.45, 7) is 1.88. The minimum absolute atomic E-state index is 0.301. The van der Waals surface area contributed by atoms with E-state index in [2.05, 4.69) is 36.1 Å². The van der Waals surface area contributed by atoms with Crippen molar-refractivity contribution in [2.45, 2.75) is 6.92 Å². The third-order valence-corrected chi connectivity index (χ3v) is 4.32. The van der Waals surface area contributed by atoms with Gasteiger partial charge in [-0.1, -0.05) is 48.5 Å². The van der Waals surface area contributed by atoms with Crippen molar-refractivity contribution in [1.82, 2.24) is 15.0 Å². The molecule has 0 aliphatic heterocycles. The van der Waals surface area contributed by atoms with Gasteiger partial charge in [0, 0.05) is 17.1 Å². The molecule has 0 spiro atoms. The Morgan fingerprint density at radius 2 is 1.26 bits per heavy atom. The summed E-state index contributed by atoms with van der Waals surface area (Å²) in [4.78, 5) is 13.3. The molecular formula is C23H22N8. The number of hydrogen-bond acceptors (Lipinski definition) is 8. The number of nitrogen functional groups attached to an aromatic ring is 1. The van der Waals surface area contributed by atoms with Crippen LogP contribution in [0, 0.1) is 0 Å². The maximum absolute atomic E-state index is 5.87. The molecule has 1 aromatic heterocycles. The quantitative estimate of drug-likeness (QED) is 0.197. The van der Waals surface area contributed by atoms with E-state index in [1.54, 1.807) is 0 Å². The van der Waals surface area contributed by atoms with Crippen molar-refractivity contribution < 1.29 is 0 Å². The van der Waals surface area contributed by atoms with Crippen molar-refractivity contribution in [3.05, 3.63) is 90.5 Å². The second kappa shape index (κ2) is 9.36.